The summed E-state index contributed by atoms with van der Waals surface area (Å²) in [6.45, 7) is 2.17. The van der Waals surface area contributed by atoms with Crippen molar-refractivity contribution in [3.8, 4) is 0 Å². The first-order valence-corrected chi connectivity index (χ1v) is 5.96. The Morgan fingerprint density at radius 3 is 2.63 bits per heavy atom. The van der Waals surface area contributed by atoms with E-state index in [0.717, 1.165) is 0 Å². The summed E-state index contributed by atoms with van der Waals surface area (Å²) in [5, 5.41) is 2.91. The van der Waals surface area contributed by atoms with Gasteiger partial charge in [-0.1, -0.05) is 0 Å². The lowest BCUT2D eigenvalue weighted by atomic mass is 10.1. The minimum Gasteiger partial charge on any atom is -0.462 e. The Morgan fingerprint density at radius 2 is 2.05 bits per heavy atom. The third kappa shape index (κ3) is 4.17. The van der Waals surface area contributed by atoms with Crippen LogP contribution in [0.5, 0.6) is 0 Å². The Morgan fingerprint density at radius 1 is 1.37 bits per heavy atom. The minimum absolute atomic E-state index is 0.0825. The molecule has 0 saturated carbocycles. The van der Waals surface area contributed by atoms with Gasteiger partial charge < -0.3 is 20.7 Å². The fraction of sp³-hybridized carbons (Fsp3) is 0.385. The van der Waals surface area contributed by atoms with Gasteiger partial charge in [0, 0.05) is 14.1 Å². The molecule has 6 nitrogen and oxygen atoms in total. The van der Waals surface area contributed by atoms with Crippen molar-refractivity contribution in [2.45, 2.75) is 6.92 Å². The number of nitrogens with zero attached hydrogens (tertiary/aromatic N) is 1. The number of likely N-dealkylation sites (N-methyl/N-ethyl adjacent to an activating group) is 1. The highest BCUT2D eigenvalue weighted by molar-refractivity contribution is 5.92. The monoisotopic (exact) mass is 265 g/mol. The fourth-order valence-electron chi connectivity index (χ4n) is 1.38. The standard InChI is InChI=1S/C13H19N3O3/c1-4-19-13(18)9-5-6-10(14)11(7-9)15-8-12(17)16(2)3/h5-7,15H,4,8,14H2,1-3H3. The highest BCUT2D eigenvalue weighted by Crippen LogP contribution is 2.20. The summed E-state index contributed by atoms with van der Waals surface area (Å²) in [6, 6.07) is 4.78. The highest BCUT2D eigenvalue weighted by atomic mass is 16.5. The lowest BCUT2D eigenvalue weighted by Gasteiger charge is -2.13. The predicted octanol–water partition coefficient (Wildman–Crippen LogP) is 0.946. The Bertz CT molecular complexity index is 472. The normalized spacial score (nSPS) is 9.84. The summed E-state index contributed by atoms with van der Waals surface area (Å²) in [5.41, 5.74) is 7.20. The van der Waals surface area contributed by atoms with Crippen molar-refractivity contribution in [2.24, 2.45) is 0 Å². The molecule has 0 radical (unpaired) electrons. The van der Waals surface area contributed by atoms with E-state index in [1.807, 2.05) is 0 Å². The number of amides is 1. The zero-order chi connectivity index (χ0) is 14.4. The molecule has 0 spiro atoms. The molecule has 0 unspecified atom stereocenters. The number of nitrogen functional groups attached to an aromatic ring is 1. The number of ether oxygens (including phenoxy) is 1. The number of rotatable bonds is 5. The molecule has 1 rings (SSSR count). The molecule has 19 heavy (non-hydrogen) atoms. The first-order valence-electron chi connectivity index (χ1n) is 5.96. The number of carbonyl (C=O) groups is 2. The third-order valence-electron chi connectivity index (χ3n) is 2.49. The van der Waals surface area contributed by atoms with Crippen LogP contribution in [0.15, 0.2) is 18.2 Å². The summed E-state index contributed by atoms with van der Waals surface area (Å²) in [6.07, 6.45) is 0. The largest absolute Gasteiger partial charge is 0.462 e. The molecule has 0 aromatic heterocycles. The molecule has 3 N–H and O–H groups in total. The number of anilines is 2. The van der Waals surface area contributed by atoms with Gasteiger partial charge in [0.05, 0.1) is 30.1 Å². The smallest absolute Gasteiger partial charge is 0.338 e. The van der Waals surface area contributed by atoms with Gasteiger partial charge in [0.15, 0.2) is 0 Å². The van der Waals surface area contributed by atoms with Gasteiger partial charge in [0.2, 0.25) is 5.91 Å². The van der Waals surface area contributed by atoms with Crippen LogP contribution in [0, 0.1) is 0 Å². The van der Waals surface area contributed by atoms with E-state index in [0.29, 0.717) is 23.5 Å². The van der Waals surface area contributed by atoms with Crippen molar-refractivity contribution in [3.63, 3.8) is 0 Å². The molecule has 6 heteroatoms. The molecule has 0 heterocycles. The van der Waals surface area contributed by atoms with Crippen LogP contribution in [0.1, 0.15) is 17.3 Å². The molecule has 0 fully saturated rings. The molecule has 0 aliphatic heterocycles. The molecule has 0 atom stereocenters. The number of hydrogen-bond acceptors (Lipinski definition) is 5. The van der Waals surface area contributed by atoms with Gasteiger partial charge in [0.25, 0.3) is 0 Å². The molecule has 1 aromatic rings. The second-order valence-electron chi connectivity index (χ2n) is 4.16. The highest BCUT2D eigenvalue weighted by Gasteiger charge is 2.10. The molecule has 0 aliphatic carbocycles. The van der Waals surface area contributed by atoms with Crippen LogP contribution in [-0.2, 0) is 9.53 Å². The van der Waals surface area contributed by atoms with Crippen LogP contribution >= 0.6 is 0 Å². The fourth-order valence-corrected chi connectivity index (χ4v) is 1.38. The molecule has 1 aromatic carbocycles. The van der Waals surface area contributed by atoms with Crippen molar-refractivity contribution in [2.75, 3.05) is 38.3 Å². The number of nitrogens with two attached hydrogens (primary N) is 1. The quantitative estimate of drug-likeness (QED) is 0.611. The number of esters is 1. The van der Waals surface area contributed by atoms with Gasteiger partial charge in [-0.05, 0) is 25.1 Å². The van der Waals surface area contributed by atoms with Crippen molar-refractivity contribution >= 4 is 23.3 Å². The van der Waals surface area contributed by atoms with E-state index in [9.17, 15) is 9.59 Å². The summed E-state index contributed by atoms with van der Waals surface area (Å²) >= 11 is 0. The van der Waals surface area contributed by atoms with Crippen LogP contribution in [0.3, 0.4) is 0 Å². The van der Waals surface area contributed by atoms with Crippen LogP contribution in [0.2, 0.25) is 0 Å². The van der Waals surface area contributed by atoms with E-state index in [4.69, 9.17) is 10.5 Å². The Kier molecular flexibility index (Phi) is 5.17. The molecule has 0 saturated heterocycles. The molecular weight excluding hydrogens is 246 g/mol. The maximum absolute atomic E-state index is 11.6. The number of benzene rings is 1. The van der Waals surface area contributed by atoms with Crippen molar-refractivity contribution in [1.82, 2.24) is 4.90 Å². The van der Waals surface area contributed by atoms with Crippen molar-refractivity contribution in [3.05, 3.63) is 23.8 Å². The third-order valence-corrected chi connectivity index (χ3v) is 2.49. The Balaban J connectivity index is 2.80. The van der Waals surface area contributed by atoms with Gasteiger partial charge in [-0.2, -0.15) is 0 Å². The Hall–Kier alpha value is -2.24. The van der Waals surface area contributed by atoms with Crippen LogP contribution in [0.25, 0.3) is 0 Å². The lowest BCUT2D eigenvalue weighted by Crippen LogP contribution is -2.28. The SMILES string of the molecule is CCOC(=O)c1ccc(N)c(NCC(=O)N(C)C)c1. The summed E-state index contributed by atoms with van der Waals surface area (Å²) in [5.74, 6) is -0.495. The van der Waals surface area contributed by atoms with E-state index < -0.39 is 5.97 Å². The predicted molar refractivity (Wildman–Crippen MR) is 74.0 cm³/mol. The van der Waals surface area contributed by atoms with Crippen LogP contribution in [-0.4, -0.2) is 44.0 Å². The summed E-state index contributed by atoms with van der Waals surface area (Å²) < 4.78 is 4.90. The van der Waals surface area contributed by atoms with Crippen LogP contribution < -0.4 is 11.1 Å². The zero-order valence-electron chi connectivity index (χ0n) is 11.4. The van der Waals surface area contributed by atoms with Crippen LogP contribution in [0.4, 0.5) is 11.4 Å². The van der Waals surface area contributed by atoms with E-state index in [1.165, 1.54) is 4.90 Å². The molecule has 1 amide bonds. The second kappa shape index (κ2) is 6.63. The minimum atomic E-state index is -0.413. The number of nitrogens with one attached hydrogen (secondary N) is 1. The van der Waals surface area contributed by atoms with Gasteiger partial charge >= 0.3 is 5.97 Å². The number of hydrogen-bond donors (Lipinski definition) is 2. The first-order chi connectivity index (χ1) is 8.95. The topological polar surface area (TPSA) is 84.7 Å². The summed E-state index contributed by atoms with van der Waals surface area (Å²) in [7, 11) is 3.34. The van der Waals surface area contributed by atoms with Gasteiger partial charge in [-0.15, -0.1) is 0 Å². The lowest BCUT2D eigenvalue weighted by molar-refractivity contribution is -0.126. The van der Waals surface area contributed by atoms with E-state index in [1.54, 1.807) is 39.2 Å². The average Bonchev–Trinajstić information content (AvgIpc) is 2.37. The van der Waals surface area contributed by atoms with Gasteiger partial charge in [-0.25, -0.2) is 4.79 Å². The molecule has 0 aliphatic rings. The maximum atomic E-state index is 11.6. The van der Waals surface area contributed by atoms with Gasteiger partial charge in [-0.3, -0.25) is 4.79 Å². The Labute approximate surface area is 112 Å². The van der Waals surface area contributed by atoms with E-state index in [2.05, 4.69) is 5.32 Å². The first kappa shape index (κ1) is 14.8. The van der Waals surface area contributed by atoms with E-state index in [-0.39, 0.29) is 12.5 Å². The summed E-state index contributed by atoms with van der Waals surface area (Å²) in [4.78, 5) is 24.5. The number of carbonyl (C=O) groups excluding carboxylic acids is 2. The second-order valence-corrected chi connectivity index (χ2v) is 4.16. The van der Waals surface area contributed by atoms with Crippen molar-refractivity contribution < 1.29 is 14.3 Å². The van der Waals surface area contributed by atoms with E-state index >= 15 is 0 Å². The molecule has 0 bridgehead atoms. The van der Waals surface area contributed by atoms with Crippen molar-refractivity contribution in [1.29, 1.82) is 0 Å². The molecular formula is C13H19N3O3. The zero-order valence-corrected chi connectivity index (χ0v) is 11.4. The average molecular weight is 265 g/mol. The molecule has 104 valence electrons. The van der Waals surface area contributed by atoms with Gasteiger partial charge in [0.1, 0.15) is 0 Å². The maximum Gasteiger partial charge on any atom is 0.338 e.